The van der Waals surface area contributed by atoms with Crippen molar-refractivity contribution >= 4 is 0 Å². The van der Waals surface area contributed by atoms with E-state index in [-0.39, 0.29) is 87.2 Å². The molecule has 0 nitrogen and oxygen atoms in total. The van der Waals surface area contributed by atoms with Crippen LogP contribution in [-0.4, -0.2) is 0 Å². The Bertz CT molecular complexity index is 3.25. The Morgan fingerprint density at radius 3 is 0.500 bits per heavy atom. The molecule has 4 heteroatoms. The van der Waals surface area contributed by atoms with Gasteiger partial charge in [0.1, 0.15) is 0 Å². The van der Waals surface area contributed by atoms with Crippen LogP contribution in [0.5, 0.6) is 0 Å². The van der Waals surface area contributed by atoms with Gasteiger partial charge in [0.15, 0.2) is 0 Å². The van der Waals surface area contributed by atoms with Crippen molar-refractivity contribution < 1.29 is 87.2 Å². The largest absolute Gasteiger partial charge is 0 e. The third kappa shape index (κ3) is 8.83. The molecular formula is Co3Lu. The van der Waals surface area contributed by atoms with Crippen LogP contribution in [0.25, 0.3) is 0 Å². The quantitative estimate of drug-likeness (QED) is 0.576. The second-order valence-electron chi connectivity index (χ2n) is 0. The summed E-state index contributed by atoms with van der Waals surface area (Å²) in [6, 6.07) is 0. The molecule has 0 amide bonds. The van der Waals surface area contributed by atoms with Crippen molar-refractivity contribution in [3.63, 3.8) is 0 Å². The summed E-state index contributed by atoms with van der Waals surface area (Å²) < 4.78 is 0. The van der Waals surface area contributed by atoms with Crippen molar-refractivity contribution in [2.75, 3.05) is 0 Å². The molecule has 0 N–H and O–H groups in total. The van der Waals surface area contributed by atoms with Crippen molar-refractivity contribution in [2.24, 2.45) is 0 Å². The Hall–Kier alpha value is 2.75. The van der Waals surface area contributed by atoms with E-state index in [4.69, 9.17) is 0 Å². The summed E-state index contributed by atoms with van der Waals surface area (Å²) in [5.74, 6) is 0. The van der Waals surface area contributed by atoms with Gasteiger partial charge in [0.05, 0.1) is 0 Å². The molecule has 0 aromatic heterocycles. The van der Waals surface area contributed by atoms with Gasteiger partial charge in [-0.1, -0.05) is 0 Å². The predicted octanol–water partition coefficient (Wildman–Crippen LogP) is -0.00750. The van der Waals surface area contributed by atoms with E-state index < -0.39 is 0 Å². The van der Waals surface area contributed by atoms with Gasteiger partial charge < -0.3 is 0 Å². The number of hydrogen-bond acceptors (Lipinski definition) is 0. The topological polar surface area (TPSA) is 0 Å². The predicted molar refractivity (Wildman–Crippen MR) is 0 cm³/mol. The van der Waals surface area contributed by atoms with Crippen molar-refractivity contribution in [1.82, 2.24) is 0 Å². The van der Waals surface area contributed by atoms with E-state index >= 15 is 0 Å². The van der Waals surface area contributed by atoms with Gasteiger partial charge in [-0.3, -0.25) is 0 Å². The van der Waals surface area contributed by atoms with Crippen LogP contribution in [0.3, 0.4) is 0 Å². The van der Waals surface area contributed by atoms with Crippen LogP contribution < -0.4 is 0 Å². The summed E-state index contributed by atoms with van der Waals surface area (Å²) in [6.45, 7) is 0. The van der Waals surface area contributed by atoms with Crippen LogP contribution in [0, 0.1) is 36.9 Å². The van der Waals surface area contributed by atoms with E-state index in [0.29, 0.717) is 0 Å². The second kappa shape index (κ2) is 17.1. The van der Waals surface area contributed by atoms with E-state index in [2.05, 4.69) is 0 Å². The van der Waals surface area contributed by atoms with Crippen molar-refractivity contribution in [2.45, 2.75) is 0 Å². The smallest absolute Gasteiger partial charge is 0 e. The third-order valence-electron chi connectivity index (χ3n) is 0. The van der Waals surface area contributed by atoms with E-state index in [0.717, 1.165) is 0 Å². The van der Waals surface area contributed by atoms with Gasteiger partial charge in [-0.2, -0.15) is 0 Å². The SMILES string of the molecule is [Co].[Co].[Co].[Lu]. The molecule has 0 aromatic rings. The monoisotopic (exact) mass is 352 g/mol. The minimum Gasteiger partial charge on any atom is 0 e. The molecule has 0 spiro atoms. The van der Waals surface area contributed by atoms with Crippen molar-refractivity contribution in [1.29, 1.82) is 0 Å². The fourth-order valence-corrected chi connectivity index (χ4v) is 0. The van der Waals surface area contributed by atoms with E-state index in [9.17, 15) is 0 Å². The normalized spacial score (nSPS) is 0. The van der Waals surface area contributed by atoms with E-state index in [1.54, 1.807) is 0 Å². The summed E-state index contributed by atoms with van der Waals surface area (Å²) in [7, 11) is 0. The molecule has 0 fully saturated rings. The molecule has 0 atom stereocenters. The molecule has 0 heterocycles. The Morgan fingerprint density at radius 1 is 0.500 bits per heavy atom. The minimum absolute atomic E-state index is 0. The van der Waals surface area contributed by atoms with Crippen LogP contribution >= 0.6 is 0 Å². The standard InChI is InChI=1S/3Co.Lu. The average molecular weight is 352 g/mol. The summed E-state index contributed by atoms with van der Waals surface area (Å²) in [5, 5.41) is 0. The van der Waals surface area contributed by atoms with Gasteiger partial charge in [0, 0.05) is 87.2 Å². The van der Waals surface area contributed by atoms with Gasteiger partial charge in [0.25, 0.3) is 0 Å². The molecule has 0 aliphatic carbocycles. The number of rotatable bonds is 0. The maximum absolute atomic E-state index is 0. The zero-order valence-corrected chi connectivity index (χ0v) is 6.04. The van der Waals surface area contributed by atoms with Crippen molar-refractivity contribution in [3.05, 3.63) is 0 Å². The Morgan fingerprint density at radius 2 is 0.500 bits per heavy atom. The molecule has 42 valence electrons. The first-order valence-corrected chi connectivity index (χ1v) is 0. The Balaban J connectivity index is 0. The van der Waals surface area contributed by atoms with Crippen molar-refractivity contribution in [3.8, 4) is 0 Å². The maximum atomic E-state index is 0. The summed E-state index contributed by atoms with van der Waals surface area (Å²) in [4.78, 5) is 0. The summed E-state index contributed by atoms with van der Waals surface area (Å²) in [5.41, 5.74) is 0. The molecule has 4 radical (unpaired) electrons. The first kappa shape index (κ1) is 29.5. The molecule has 0 bridgehead atoms. The molecule has 0 saturated heterocycles. The molecule has 0 rings (SSSR count). The van der Waals surface area contributed by atoms with Gasteiger partial charge >= 0.3 is 0 Å². The van der Waals surface area contributed by atoms with Gasteiger partial charge in [-0.05, 0) is 0 Å². The summed E-state index contributed by atoms with van der Waals surface area (Å²) in [6.07, 6.45) is 0. The molecule has 0 unspecified atom stereocenters. The van der Waals surface area contributed by atoms with Crippen LogP contribution in [0.2, 0.25) is 0 Å². The molecule has 0 saturated carbocycles. The fourth-order valence-electron chi connectivity index (χ4n) is 0. The first-order chi connectivity index (χ1) is 0. The summed E-state index contributed by atoms with van der Waals surface area (Å²) >= 11 is 0. The molecule has 0 aromatic carbocycles. The number of hydrogen-bond donors (Lipinski definition) is 0. The Kier molecular flexibility index (Phi) is 126. The molecule has 0 aliphatic rings. The first-order valence-electron chi connectivity index (χ1n) is 0. The van der Waals surface area contributed by atoms with Gasteiger partial charge in [0.2, 0.25) is 0 Å². The zero-order chi connectivity index (χ0) is 0. The zero-order valence-electron chi connectivity index (χ0n) is 1.26. The van der Waals surface area contributed by atoms with Gasteiger partial charge in [-0.15, -0.1) is 0 Å². The minimum atomic E-state index is 0. The Labute approximate surface area is 85.6 Å². The fraction of sp³-hybridized carbons (Fsp3) is 0. The molecule has 4 heavy (non-hydrogen) atoms. The van der Waals surface area contributed by atoms with Crippen LogP contribution in [0.1, 0.15) is 0 Å². The average Bonchev–Trinajstić information content (AvgIpc) is 0. The van der Waals surface area contributed by atoms with Crippen LogP contribution in [0.15, 0.2) is 0 Å². The maximum Gasteiger partial charge on any atom is 0 e. The molecular weight excluding hydrogens is 352 g/mol. The molecule has 0 aliphatic heterocycles. The third-order valence-corrected chi connectivity index (χ3v) is 0. The van der Waals surface area contributed by atoms with E-state index in [1.165, 1.54) is 0 Å². The van der Waals surface area contributed by atoms with Gasteiger partial charge in [-0.25, -0.2) is 0 Å². The van der Waals surface area contributed by atoms with Crippen LogP contribution in [-0.2, 0) is 50.3 Å². The van der Waals surface area contributed by atoms with Crippen LogP contribution in [0.4, 0.5) is 0 Å². The second-order valence-corrected chi connectivity index (χ2v) is 0. The van der Waals surface area contributed by atoms with E-state index in [1.807, 2.05) is 0 Å².